The molecule has 0 aromatic heterocycles. The number of carbonyl (C=O) groups is 1. The molecule has 31 heavy (non-hydrogen) atoms. The molecule has 166 valence electrons. The van der Waals surface area contributed by atoms with E-state index in [2.05, 4.69) is 0 Å². The molecule has 2 fully saturated rings. The van der Waals surface area contributed by atoms with Crippen LogP contribution in [0.15, 0.2) is 48.5 Å². The average Bonchev–Trinajstić information content (AvgIpc) is 3.72. The lowest BCUT2D eigenvalue weighted by molar-refractivity contribution is -0.176. The summed E-state index contributed by atoms with van der Waals surface area (Å²) in [7, 11) is 2.91. The van der Waals surface area contributed by atoms with Crippen LogP contribution in [-0.2, 0) is 24.7 Å². The van der Waals surface area contributed by atoms with Crippen molar-refractivity contribution >= 4 is 5.78 Å². The van der Waals surface area contributed by atoms with Gasteiger partial charge in [0.05, 0.1) is 38.6 Å². The van der Waals surface area contributed by atoms with Crippen LogP contribution in [0.1, 0.15) is 28.8 Å². The number of methoxy groups -OCH3 is 2. The van der Waals surface area contributed by atoms with Crippen molar-refractivity contribution < 1.29 is 33.2 Å². The van der Waals surface area contributed by atoms with Gasteiger partial charge in [0, 0.05) is 38.2 Å². The van der Waals surface area contributed by atoms with E-state index < -0.39 is 5.79 Å². The Bertz CT molecular complexity index is 851. The van der Waals surface area contributed by atoms with Gasteiger partial charge in [-0.3, -0.25) is 4.79 Å². The second-order valence-electron chi connectivity index (χ2n) is 7.59. The maximum absolute atomic E-state index is 13.3. The fraction of sp³-hybridized carbons (Fsp3) is 0.458. The first-order chi connectivity index (χ1) is 15.1. The molecule has 2 atom stereocenters. The summed E-state index contributed by atoms with van der Waals surface area (Å²) in [5.74, 6) is -0.423. The molecule has 2 heterocycles. The molecule has 0 saturated carbocycles. The van der Waals surface area contributed by atoms with Gasteiger partial charge in [0.1, 0.15) is 11.5 Å². The highest BCUT2D eigenvalue weighted by Gasteiger charge is 2.41. The number of Topliss-reactive ketones (excluding diaryl/α,β-unsaturated/α-hetero) is 1. The lowest BCUT2D eigenvalue weighted by atomic mass is 9.95. The number of hydrogen-bond acceptors (Lipinski definition) is 7. The summed E-state index contributed by atoms with van der Waals surface area (Å²) in [5, 5.41) is 0. The van der Waals surface area contributed by atoms with Crippen molar-refractivity contribution in [3.05, 3.63) is 59.7 Å². The van der Waals surface area contributed by atoms with Crippen LogP contribution < -0.4 is 9.47 Å². The number of ketones is 1. The molecule has 2 aliphatic rings. The van der Waals surface area contributed by atoms with Crippen molar-refractivity contribution in [2.24, 2.45) is 0 Å². The predicted octanol–water partition coefficient (Wildman–Crippen LogP) is 3.35. The first-order valence-electron chi connectivity index (χ1n) is 10.5. The SMILES string of the molecule is COC(OC)(C(=O)c1ccc(OCCC2CO2)cc1)c1ccc(OCCC2CO2)cc1. The minimum Gasteiger partial charge on any atom is -0.493 e. The van der Waals surface area contributed by atoms with E-state index in [1.807, 2.05) is 12.1 Å². The third-order valence-electron chi connectivity index (χ3n) is 5.45. The van der Waals surface area contributed by atoms with Crippen LogP contribution in [0.5, 0.6) is 11.5 Å². The van der Waals surface area contributed by atoms with Crippen molar-refractivity contribution in [1.82, 2.24) is 0 Å². The maximum Gasteiger partial charge on any atom is 0.260 e. The lowest BCUT2D eigenvalue weighted by Gasteiger charge is -2.30. The van der Waals surface area contributed by atoms with E-state index in [-0.39, 0.29) is 5.78 Å². The Morgan fingerprint density at radius 3 is 1.71 bits per heavy atom. The molecule has 2 aromatic carbocycles. The zero-order chi connectivity index (χ0) is 21.7. The van der Waals surface area contributed by atoms with E-state index >= 15 is 0 Å². The van der Waals surface area contributed by atoms with Crippen molar-refractivity contribution in [3.8, 4) is 11.5 Å². The Labute approximate surface area is 182 Å². The number of carbonyl (C=O) groups excluding carboxylic acids is 1. The normalized spacial score (nSPS) is 19.7. The minimum atomic E-state index is -1.55. The first-order valence-corrected chi connectivity index (χ1v) is 10.5. The van der Waals surface area contributed by atoms with Crippen LogP contribution in [0.3, 0.4) is 0 Å². The van der Waals surface area contributed by atoms with E-state index in [1.54, 1.807) is 36.4 Å². The van der Waals surface area contributed by atoms with Gasteiger partial charge >= 0.3 is 0 Å². The summed E-state index contributed by atoms with van der Waals surface area (Å²) < 4.78 is 33.0. The summed E-state index contributed by atoms with van der Waals surface area (Å²) in [5.41, 5.74) is 1.05. The van der Waals surface area contributed by atoms with Gasteiger partial charge < -0.3 is 28.4 Å². The minimum absolute atomic E-state index is 0.296. The molecule has 0 amide bonds. The molecule has 2 unspecified atom stereocenters. The zero-order valence-electron chi connectivity index (χ0n) is 17.9. The van der Waals surface area contributed by atoms with Gasteiger partial charge in [0.2, 0.25) is 5.78 Å². The Morgan fingerprint density at radius 2 is 1.29 bits per heavy atom. The quantitative estimate of drug-likeness (QED) is 0.275. The molecule has 2 aliphatic heterocycles. The number of benzene rings is 2. The summed E-state index contributed by atoms with van der Waals surface area (Å²) >= 11 is 0. The highest BCUT2D eigenvalue weighted by atomic mass is 16.7. The number of hydrogen-bond donors (Lipinski definition) is 0. The van der Waals surface area contributed by atoms with Gasteiger partial charge in [-0.15, -0.1) is 0 Å². The molecule has 7 heteroatoms. The van der Waals surface area contributed by atoms with Gasteiger partial charge in [-0.1, -0.05) is 0 Å². The van der Waals surface area contributed by atoms with Gasteiger partial charge in [-0.2, -0.15) is 0 Å². The first kappa shape index (κ1) is 21.8. The zero-order valence-corrected chi connectivity index (χ0v) is 17.9. The topological polar surface area (TPSA) is 79.1 Å². The average molecular weight is 428 g/mol. The Morgan fingerprint density at radius 1 is 0.839 bits per heavy atom. The largest absolute Gasteiger partial charge is 0.493 e. The molecule has 0 N–H and O–H groups in total. The van der Waals surface area contributed by atoms with E-state index in [9.17, 15) is 4.79 Å². The van der Waals surface area contributed by atoms with Crippen LogP contribution in [-0.4, -0.2) is 58.6 Å². The van der Waals surface area contributed by atoms with Crippen LogP contribution in [0.2, 0.25) is 0 Å². The smallest absolute Gasteiger partial charge is 0.260 e. The molecule has 2 aromatic rings. The third-order valence-corrected chi connectivity index (χ3v) is 5.45. The molecule has 0 radical (unpaired) electrons. The number of ether oxygens (including phenoxy) is 6. The Balaban J connectivity index is 1.42. The van der Waals surface area contributed by atoms with E-state index in [0.29, 0.717) is 42.3 Å². The van der Waals surface area contributed by atoms with Crippen molar-refractivity contribution in [2.45, 2.75) is 30.8 Å². The molecule has 0 aliphatic carbocycles. The molecule has 0 bridgehead atoms. The predicted molar refractivity (Wildman–Crippen MR) is 113 cm³/mol. The molecule has 4 rings (SSSR count). The van der Waals surface area contributed by atoms with Crippen LogP contribution in [0.4, 0.5) is 0 Å². The standard InChI is InChI=1S/C24H28O7/c1-26-24(27-2,18-5-9-20(10-6-18)29-14-12-22-16-31-22)23(25)17-3-7-19(8-4-17)28-13-11-21-15-30-21/h3-10,21-22H,11-16H2,1-2H3. The van der Waals surface area contributed by atoms with Gasteiger partial charge in [-0.25, -0.2) is 0 Å². The summed E-state index contributed by atoms with van der Waals surface area (Å²) in [6, 6.07) is 14.2. The van der Waals surface area contributed by atoms with Crippen molar-refractivity contribution in [1.29, 1.82) is 0 Å². The second kappa shape index (κ2) is 9.78. The molecule has 0 spiro atoms. The van der Waals surface area contributed by atoms with Crippen LogP contribution >= 0.6 is 0 Å². The van der Waals surface area contributed by atoms with Gasteiger partial charge in [0.15, 0.2) is 0 Å². The highest BCUT2D eigenvalue weighted by Crippen LogP contribution is 2.32. The molecular weight excluding hydrogens is 400 g/mol. The van der Waals surface area contributed by atoms with E-state index in [1.165, 1.54) is 14.2 Å². The summed E-state index contributed by atoms with van der Waals surface area (Å²) in [6.07, 6.45) is 2.39. The van der Waals surface area contributed by atoms with Gasteiger partial charge in [0.25, 0.3) is 5.79 Å². The van der Waals surface area contributed by atoms with E-state index in [0.717, 1.165) is 31.8 Å². The van der Waals surface area contributed by atoms with Gasteiger partial charge in [-0.05, 0) is 48.5 Å². The summed E-state index contributed by atoms with van der Waals surface area (Å²) in [4.78, 5) is 13.3. The monoisotopic (exact) mass is 428 g/mol. The molecular formula is C24H28O7. The Kier molecular flexibility index (Phi) is 6.87. The molecule has 2 saturated heterocycles. The Hall–Kier alpha value is -2.45. The lowest BCUT2D eigenvalue weighted by Crippen LogP contribution is -2.40. The van der Waals surface area contributed by atoms with Crippen LogP contribution in [0, 0.1) is 0 Å². The number of epoxide rings is 2. The highest BCUT2D eigenvalue weighted by molar-refractivity contribution is 6.02. The van der Waals surface area contributed by atoms with Crippen molar-refractivity contribution in [3.63, 3.8) is 0 Å². The maximum atomic E-state index is 13.3. The second-order valence-corrected chi connectivity index (χ2v) is 7.59. The number of rotatable bonds is 13. The molecule has 7 nitrogen and oxygen atoms in total. The van der Waals surface area contributed by atoms with E-state index in [4.69, 9.17) is 28.4 Å². The van der Waals surface area contributed by atoms with Crippen LogP contribution in [0.25, 0.3) is 0 Å². The fourth-order valence-electron chi connectivity index (χ4n) is 3.38. The summed E-state index contributed by atoms with van der Waals surface area (Å²) in [6.45, 7) is 2.80. The van der Waals surface area contributed by atoms with Crippen molar-refractivity contribution in [2.75, 3.05) is 40.6 Å². The third kappa shape index (κ3) is 5.43. The fourth-order valence-corrected chi connectivity index (χ4v) is 3.38.